The van der Waals surface area contributed by atoms with Gasteiger partial charge in [-0.2, -0.15) is 0 Å². The van der Waals surface area contributed by atoms with Crippen molar-refractivity contribution in [3.8, 4) is 0 Å². The van der Waals surface area contributed by atoms with Crippen LogP contribution in [0.3, 0.4) is 0 Å². The highest BCUT2D eigenvalue weighted by atomic mass is 16.5. The Morgan fingerprint density at radius 2 is 2.14 bits per heavy atom. The lowest BCUT2D eigenvalue weighted by Gasteiger charge is -1.89. The van der Waals surface area contributed by atoms with Gasteiger partial charge >= 0.3 is 5.97 Å². The van der Waals surface area contributed by atoms with E-state index in [0.717, 1.165) is 0 Å². The minimum atomic E-state index is -1.37. The average Bonchev–Trinajstić information content (AvgIpc) is 1.65. The van der Waals surface area contributed by atoms with E-state index in [2.05, 4.69) is 11.3 Å². The van der Waals surface area contributed by atoms with Crippen LogP contribution in [0.2, 0.25) is 0 Å². The number of carbonyl (C=O) groups excluding carboxylic acids is 1. The van der Waals surface area contributed by atoms with Crippen molar-refractivity contribution in [3.63, 3.8) is 0 Å². The van der Waals surface area contributed by atoms with E-state index in [0.29, 0.717) is 0 Å². The van der Waals surface area contributed by atoms with Gasteiger partial charge in [-0.1, -0.05) is 0 Å². The van der Waals surface area contributed by atoms with Crippen LogP contribution in [0.25, 0.3) is 0 Å². The molecule has 0 heterocycles. The molecule has 3 nitrogen and oxygen atoms in total. The normalized spacial score (nSPS) is 7.57. The monoisotopic (exact) mass is 101 g/mol. The highest BCUT2D eigenvalue weighted by Gasteiger charge is 2.02. The molecule has 0 aliphatic rings. The molecular formula is C4H5O3. The van der Waals surface area contributed by atoms with Gasteiger partial charge in [-0.25, -0.2) is 9.90 Å². The third-order valence-corrected chi connectivity index (χ3v) is 0.474. The smallest absolute Gasteiger partial charge is 0.419 e. The summed E-state index contributed by atoms with van der Waals surface area (Å²) in [7, 11) is 1.22. The van der Waals surface area contributed by atoms with Gasteiger partial charge in [0.25, 0.3) is 0 Å². The molecule has 0 rings (SSSR count). The van der Waals surface area contributed by atoms with Crippen LogP contribution in [0.4, 0.5) is 0 Å². The molecule has 7 heavy (non-hydrogen) atoms. The highest BCUT2D eigenvalue weighted by Crippen LogP contribution is 1.86. The number of ether oxygens (including phenoxy) is 1. The number of hydrogen-bond acceptors (Lipinski definition) is 2. The van der Waals surface area contributed by atoms with Crippen LogP contribution < -0.4 is 0 Å². The molecule has 0 aromatic carbocycles. The average molecular weight is 101 g/mol. The fraction of sp³-hybridized carbons (Fsp3) is 0.250. The molecule has 0 aliphatic carbocycles. The summed E-state index contributed by atoms with van der Waals surface area (Å²) in [5.74, 6) is -1.72. The summed E-state index contributed by atoms with van der Waals surface area (Å²) < 4.78 is 4.16. The molecule has 0 amide bonds. The summed E-state index contributed by atoms with van der Waals surface area (Å²) in [5, 5.41) is 9.59. The number of methoxy groups -OCH3 is 1. The summed E-state index contributed by atoms with van der Waals surface area (Å²) >= 11 is 0. The summed E-state index contributed by atoms with van der Waals surface area (Å²) in [6.07, 6.45) is 0. The molecule has 0 aliphatic heterocycles. The maximum Gasteiger partial charge on any atom is 0.419 e. The van der Waals surface area contributed by atoms with E-state index in [1.807, 2.05) is 0 Å². The second kappa shape index (κ2) is 2.23. The summed E-state index contributed by atoms with van der Waals surface area (Å²) in [6.45, 7) is 2.99. The molecule has 0 saturated heterocycles. The Kier molecular flexibility index (Phi) is 1.91. The van der Waals surface area contributed by atoms with Gasteiger partial charge in [0.1, 0.15) is 0 Å². The van der Waals surface area contributed by atoms with Gasteiger partial charge in [0, 0.05) is 0 Å². The molecule has 0 atom stereocenters. The molecule has 3 heteroatoms. The maximum absolute atomic E-state index is 9.59. The SMILES string of the molecule is C=C(OC)C([O])=O. The van der Waals surface area contributed by atoms with E-state index in [1.165, 1.54) is 7.11 Å². The lowest BCUT2D eigenvalue weighted by Crippen LogP contribution is -1.97. The van der Waals surface area contributed by atoms with Gasteiger partial charge < -0.3 is 4.74 Å². The van der Waals surface area contributed by atoms with E-state index < -0.39 is 5.97 Å². The lowest BCUT2D eigenvalue weighted by molar-refractivity contribution is -0.141. The number of carbonyl (C=O) groups is 1. The molecule has 0 aromatic heterocycles. The van der Waals surface area contributed by atoms with Gasteiger partial charge in [0.2, 0.25) is 5.76 Å². The predicted octanol–water partition coefficient (Wildman–Crippen LogP) is 0.104. The number of rotatable bonds is 2. The molecule has 0 N–H and O–H groups in total. The van der Waals surface area contributed by atoms with Crippen molar-refractivity contribution in [2.45, 2.75) is 0 Å². The third-order valence-electron chi connectivity index (χ3n) is 0.474. The van der Waals surface area contributed by atoms with E-state index in [4.69, 9.17) is 0 Å². The Bertz CT molecular complexity index is 95.1. The van der Waals surface area contributed by atoms with Crippen molar-refractivity contribution in [2.75, 3.05) is 7.11 Å². The molecule has 0 fully saturated rings. The molecule has 0 spiro atoms. The van der Waals surface area contributed by atoms with Crippen molar-refractivity contribution in [2.24, 2.45) is 0 Å². The Balaban J connectivity index is 3.58. The quantitative estimate of drug-likeness (QED) is 0.366. The van der Waals surface area contributed by atoms with Crippen molar-refractivity contribution in [1.29, 1.82) is 0 Å². The van der Waals surface area contributed by atoms with Crippen molar-refractivity contribution in [3.05, 3.63) is 12.3 Å². The van der Waals surface area contributed by atoms with E-state index >= 15 is 0 Å². The fourth-order valence-corrected chi connectivity index (χ4v) is 0.0833. The van der Waals surface area contributed by atoms with Crippen LogP contribution in [0.1, 0.15) is 0 Å². The van der Waals surface area contributed by atoms with Gasteiger partial charge in [-0.05, 0) is 6.58 Å². The van der Waals surface area contributed by atoms with Crippen LogP contribution in [0.5, 0.6) is 0 Å². The number of hydrogen-bond donors (Lipinski definition) is 0. The van der Waals surface area contributed by atoms with Gasteiger partial charge in [-0.3, -0.25) is 0 Å². The second-order valence-electron chi connectivity index (χ2n) is 0.915. The zero-order valence-electron chi connectivity index (χ0n) is 3.93. The van der Waals surface area contributed by atoms with Crippen LogP contribution in [-0.2, 0) is 14.6 Å². The third kappa shape index (κ3) is 1.81. The first-order chi connectivity index (χ1) is 3.18. The Morgan fingerprint density at radius 1 is 1.71 bits per heavy atom. The van der Waals surface area contributed by atoms with E-state index in [-0.39, 0.29) is 5.76 Å². The standard InChI is InChI=1S/C4H5O3/c1-3(7-2)4(5)6/h1H2,2H3. The van der Waals surface area contributed by atoms with E-state index in [1.54, 1.807) is 0 Å². The van der Waals surface area contributed by atoms with Crippen LogP contribution in [0.15, 0.2) is 12.3 Å². The molecule has 0 aromatic rings. The maximum atomic E-state index is 9.59. The zero-order valence-corrected chi connectivity index (χ0v) is 3.93. The fourth-order valence-electron chi connectivity index (χ4n) is 0.0833. The highest BCUT2D eigenvalue weighted by molar-refractivity contribution is 5.82. The lowest BCUT2D eigenvalue weighted by atomic mass is 10.6. The van der Waals surface area contributed by atoms with Gasteiger partial charge in [0.15, 0.2) is 0 Å². The van der Waals surface area contributed by atoms with Crippen LogP contribution in [0, 0.1) is 0 Å². The molecular weight excluding hydrogens is 96.0 g/mol. The zero-order chi connectivity index (χ0) is 5.86. The molecule has 0 unspecified atom stereocenters. The van der Waals surface area contributed by atoms with Crippen LogP contribution in [-0.4, -0.2) is 13.1 Å². The van der Waals surface area contributed by atoms with Gasteiger partial charge in [-0.15, -0.1) is 0 Å². The summed E-state index contributed by atoms with van der Waals surface area (Å²) in [4.78, 5) is 9.59. The Morgan fingerprint density at radius 3 is 2.14 bits per heavy atom. The first-order valence-corrected chi connectivity index (χ1v) is 1.62. The largest absolute Gasteiger partial charge is 0.490 e. The molecule has 0 saturated carbocycles. The first-order valence-electron chi connectivity index (χ1n) is 1.62. The Hall–Kier alpha value is -0.990. The minimum Gasteiger partial charge on any atom is -0.490 e. The van der Waals surface area contributed by atoms with Crippen LogP contribution >= 0.6 is 0 Å². The van der Waals surface area contributed by atoms with E-state index in [9.17, 15) is 9.90 Å². The topological polar surface area (TPSA) is 46.2 Å². The van der Waals surface area contributed by atoms with Crippen molar-refractivity contribution in [1.82, 2.24) is 0 Å². The summed E-state index contributed by atoms with van der Waals surface area (Å²) in [6, 6.07) is 0. The van der Waals surface area contributed by atoms with Crippen molar-refractivity contribution >= 4 is 5.97 Å². The van der Waals surface area contributed by atoms with Gasteiger partial charge in [0.05, 0.1) is 7.11 Å². The van der Waals surface area contributed by atoms with Crippen molar-refractivity contribution < 1.29 is 14.6 Å². The summed E-state index contributed by atoms with van der Waals surface area (Å²) in [5.41, 5.74) is 0. The molecule has 0 bridgehead atoms. The first kappa shape index (κ1) is 6.01. The Labute approximate surface area is 41.2 Å². The second-order valence-corrected chi connectivity index (χ2v) is 0.915. The molecule has 39 valence electrons. The molecule has 1 radical (unpaired) electrons. The predicted molar refractivity (Wildman–Crippen MR) is 21.8 cm³/mol. The minimum absolute atomic E-state index is 0.347.